The predicted molar refractivity (Wildman–Crippen MR) is 38.1 cm³/mol. The molecule has 0 atom stereocenters. The van der Waals surface area contributed by atoms with Crippen LogP contribution in [0.4, 0.5) is 0 Å². The van der Waals surface area contributed by atoms with Gasteiger partial charge in [-0.05, 0) is 19.6 Å². The largest absolute Gasteiger partial charge is 0.235 e. The summed E-state index contributed by atoms with van der Waals surface area (Å²) < 4.78 is 1.22. The van der Waals surface area contributed by atoms with Gasteiger partial charge in [-0.25, -0.2) is 10.1 Å². The van der Waals surface area contributed by atoms with Crippen LogP contribution >= 0.6 is 0 Å². The van der Waals surface area contributed by atoms with Crippen molar-refractivity contribution in [3.8, 4) is 0 Å². The molecule has 54 valence electrons. The Hall–Kier alpha value is -0.583. The molecule has 4 nitrogen and oxygen atoms in total. The molecule has 0 unspecified atom stereocenters. The summed E-state index contributed by atoms with van der Waals surface area (Å²) in [6, 6.07) is 0. The average Bonchev–Trinajstić information content (AvgIpc) is 1.62. The van der Waals surface area contributed by atoms with Crippen molar-refractivity contribution in [3.63, 3.8) is 0 Å². The lowest BCUT2D eigenvalue weighted by Gasteiger charge is -2.20. The third kappa shape index (κ3) is 2.45. The molecule has 0 aromatic carbocycles. The molecule has 0 aliphatic carbocycles. The van der Waals surface area contributed by atoms with Crippen LogP contribution in [0.5, 0.6) is 0 Å². The van der Waals surface area contributed by atoms with E-state index in [1.807, 2.05) is 19.6 Å². The van der Waals surface area contributed by atoms with Gasteiger partial charge in [0.25, 0.3) is 0 Å². The van der Waals surface area contributed by atoms with Gasteiger partial charge in [0.05, 0.1) is 7.05 Å². The first-order chi connectivity index (χ1) is 3.85. The van der Waals surface area contributed by atoms with E-state index in [0.717, 1.165) is 0 Å². The SMILES string of the molecule is CN([N+](=O)[O-])[Si](C)(C)C. The van der Waals surface area contributed by atoms with E-state index in [0.29, 0.717) is 0 Å². The minimum atomic E-state index is -1.69. The Bertz CT molecular complexity index is 120. The van der Waals surface area contributed by atoms with Gasteiger partial charge in [-0.1, -0.05) is 0 Å². The molecule has 0 aromatic heterocycles. The summed E-state index contributed by atoms with van der Waals surface area (Å²) in [5.74, 6) is 0. The van der Waals surface area contributed by atoms with Gasteiger partial charge >= 0.3 is 0 Å². The maximum absolute atomic E-state index is 10.1. The minimum absolute atomic E-state index is 0.355. The van der Waals surface area contributed by atoms with Crippen LogP contribution in [0.25, 0.3) is 0 Å². The molecule has 0 N–H and O–H groups in total. The Morgan fingerprint density at radius 3 is 1.78 bits per heavy atom. The summed E-state index contributed by atoms with van der Waals surface area (Å²) in [5, 5.41) is 9.76. The van der Waals surface area contributed by atoms with Gasteiger partial charge in [0.15, 0.2) is 0 Å². The Morgan fingerprint density at radius 2 is 1.78 bits per heavy atom. The van der Waals surface area contributed by atoms with Gasteiger partial charge in [0.1, 0.15) is 5.03 Å². The second-order valence-electron chi connectivity index (χ2n) is 2.93. The predicted octanol–water partition coefficient (Wildman–Crippen LogP) is 0.945. The first kappa shape index (κ1) is 8.42. The lowest BCUT2D eigenvalue weighted by molar-refractivity contribution is -0.620. The zero-order valence-electron chi connectivity index (χ0n) is 6.21. The Morgan fingerprint density at radius 1 is 1.44 bits per heavy atom. The molecule has 9 heavy (non-hydrogen) atoms. The highest BCUT2D eigenvalue weighted by Crippen LogP contribution is 2.04. The van der Waals surface area contributed by atoms with E-state index < -0.39 is 8.24 Å². The first-order valence-electron chi connectivity index (χ1n) is 2.74. The van der Waals surface area contributed by atoms with Gasteiger partial charge in [0.2, 0.25) is 8.24 Å². The molecule has 5 heteroatoms. The van der Waals surface area contributed by atoms with E-state index in [1.54, 1.807) is 0 Å². The van der Waals surface area contributed by atoms with E-state index in [2.05, 4.69) is 0 Å². The second-order valence-corrected chi connectivity index (χ2v) is 7.92. The molecule has 0 radical (unpaired) electrons. The molecule has 0 bridgehead atoms. The summed E-state index contributed by atoms with van der Waals surface area (Å²) in [4.78, 5) is 10.1. The normalized spacial score (nSPS) is 11.1. The minimum Gasteiger partial charge on any atom is -0.235 e. The van der Waals surface area contributed by atoms with Crippen molar-refractivity contribution in [2.45, 2.75) is 19.6 Å². The summed E-state index contributed by atoms with van der Waals surface area (Å²) in [6.07, 6.45) is 0. The van der Waals surface area contributed by atoms with Gasteiger partial charge in [-0.3, -0.25) is 0 Å². The smallest absolute Gasteiger partial charge is 0.226 e. The Labute approximate surface area is 55.7 Å². The highest BCUT2D eigenvalue weighted by molar-refractivity contribution is 6.72. The Kier molecular flexibility index (Phi) is 2.19. The third-order valence-electron chi connectivity index (χ3n) is 1.22. The summed E-state index contributed by atoms with van der Waals surface area (Å²) in [6.45, 7) is 5.78. The lowest BCUT2D eigenvalue weighted by atomic mass is 11.5. The van der Waals surface area contributed by atoms with E-state index >= 15 is 0 Å². The van der Waals surface area contributed by atoms with Crippen molar-refractivity contribution < 1.29 is 5.03 Å². The second kappa shape index (κ2) is 2.34. The van der Waals surface area contributed by atoms with Crippen molar-refractivity contribution in [1.29, 1.82) is 0 Å². The zero-order valence-corrected chi connectivity index (χ0v) is 7.21. The van der Waals surface area contributed by atoms with Crippen LogP contribution in [0.15, 0.2) is 0 Å². The molecule has 0 aliphatic heterocycles. The van der Waals surface area contributed by atoms with Crippen molar-refractivity contribution >= 4 is 8.24 Å². The van der Waals surface area contributed by atoms with Gasteiger partial charge in [-0.15, -0.1) is 0 Å². The fourth-order valence-corrected chi connectivity index (χ4v) is 0.735. The molecule has 0 saturated carbocycles. The monoisotopic (exact) mass is 148 g/mol. The fourth-order valence-electron chi connectivity index (χ4n) is 0.245. The van der Waals surface area contributed by atoms with Crippen molar-refractivity contribution in [2.75, 3.05) is 7.05 Å². The molecular weight excluding hydrogens is 136 g/mol. The highest BCUT2D eigenvalue weighted by atomic mass is 28.3. The highest BCUT2D eigenvalue weighted by Gasteiger charge is 2.27. The van der Waals surface area contributed by atoms with Gasteiger partial charge < -0.3 is 0 Å². The Balaban J connectivity index is 4.04. The molecule has 0 spiro atoms. The number of nitro groups is 1. The van der Waals surface area contributed by atoms with E-state index in [4.69, 9.17) is 0 Å². The van der Waals surface area contributed by atoms with Crippen LogP contribution in [-0.2, 0) is 0 Å². The number of nitrogens with zero attached hydrogens (tertiary/aromatic N) is 2. The summed E-state index contributed by atoms with van der Waals surface area (Å²) in [7, 11) is -0.169. The van der Waals surface area contributed by atoms with Gasteiger partial charge in [0, 0.05) is 0 Å². The number of hydrazine groups is 1. The maximum Gasteiger partial charge on any atom is 0.226 e. The topological polar surface area (TPSA) is 46.4 Å². The van der Waals surface area contributed by atoms with E-state index in [-0.39, 0.29) is 5.03 Å². The summed E-state index contributed by atoms with van der Waals surface area (Å²) in [5.41, 5.74) is 0. The standard InChI is InChI=1S/C4H12N2O2Si/c1-5(6(7)8)9(2,3)4/h1-4H3. The molecule has 0 fully saturated rings. The van der Waals surface area contributed by atoms with Crippen LogP contribution in [0.2, 0.25) is 19.6 Å². The maximum atomic E-state index is 10.1. The van der Waals surface area contributed by atoms with Crippen LogP contribution in [-0.4, -0.2) is 25.0 Å². The van der Waals surface area contributed by atoms with E-state index in [9.17, 15) is 10.1 Å². The fraction of sp³-hybridized carbons (Fsp3) is 1.00. The van der Waals surface area contributed by atoms with Crippen LogP contribution < -0.4 is 0 Å². The molecule has 0 aromatic rings. The zero-order chi connectivity index (χ0) is 7.65. The first-order valence-corrected chi connectivity index (χ1v) is 6.18. The summed E-state index contributed by atoms with van der Waals surface area (Å²) >= 11 is 0. The quantitative estimate of drug-likeness (QED) is 0.332. The lowest BCUT2D eigenvalue weighted by Crippen LogP contribution is -2.46. The molecule has 0 heterocycles. The van der Waals surface area contributed by atoms with Crippen LogP contribution in [0.1, 0.15) is 0 Å². The van der Waals surface area contributed by atoms with Gasteiger partial charge in [-0.2, -0.15) is 4.67 Å². The van der Waals surface area contributed by atoms with Crippen LogP contribution in [0, 0.1) is 10.1 Å². The van der Waals surface area contributed by atoms with Crippen molar-refractivity contribution in [3.05, 3.63) is 10.1 Å². The average molecular weight is 148 g/mol. The molecule has 0 saturated heterocycles. The number of hydrogen-bond acceptors (Lipinski definition) is 2. The number of rotatable bonds is 2. The molecule has 0 rings (SSSR count). The molecule has 0 aliphatic rings. The van der Waals surface area contributed by atoms with Crippen molar-refractivity contribution in [2.24, 2.45) is 0 Å². The molecule has 0 amide bonds. The third-order valence-corrected chi connectivity index (χ3v) is 3.32. The molecular formula is C4H12N2O2Si. The van der Waals surface area contributed by atoms with E-state index in [1.165, 1.54) is 11.7 Å². The number of hydrogen-bond donors (Lipinski definition) is 0. The van der Waals surface area contributed by atoms with Crippen molar-refractivity contribution in [1.82, 2.24) is 4.67 Å². The van der Waals surface area contributed by atoms with Crippen LogP contribution in [0.3, 0.4) is 0 Å².